The minimum atomic E-state index is -4.50. The highest BCUT2D eigenvalue weighted by atomic mass is 32.1. The first-order chi connectivity index (χ1) is 28.3. The second-order valence-electron chi connectivity index (χ2n) is 14.0. The average Bonchev–Trinajstić information content (AvgIpc) is 3.21. The molecule has 3 N–H and O–H groups in total. The maximum Gasteiger partial charge on any atom is 0.416 e. The number of anilines is 2. The van der Waals surface area contributed by atoms with E-state index in [1.54, 1.807) is 30.3 Å². The van der Waals surface area contributed by atoms with Gasteiger partial charge in [0.2, 0.25) is 0 Å². The number of nitrogens with one attached hydrogen (secondary N) is 3. The second-order valence-corrected chi connectivity index (χ2v) is 16.1. The third kappa shape index (κ3) is 8.82. The lowest BCUT2D eigenvalue weighted by Crippen LogP contribution is -2.19. The predicted octanol–water partition coefficient (Wildman–Crippen LogP) is 12.0. The average molecular weight is 848 g/mol. The lowest BCUT2D eigenvalue weighted by Gasteiger charge is -2.13. The zero-order valence-electron chi connectivity index (χ0n) is 32.0. The molecule has 4 aromatic heterocycles. The molecule has 0 radical (unpaired) electrons. The van der Waals surface area contributed by atoms with Crippen LogP contribution in [0.5, 0.6) is 0 Å². The summed E-state index contributed by atoms with van der Waals surface area (Å²) in [6, 6.07) is 21.1. The minimum absolute atomic E-state index is 0.0818. The molecule has 0 unspecified atom stereocenters. The van der Waals surface area contributed by atoms with Crippen molar-refractivity contribution in [2.75, 3.05) is 36.8 Å². The zero-order valence-corrected chi connectivity index (χ0v) is 33.7. The number of pyridine rings is 2. The van der Waals surface area contributed by atoms with Gasteiger partial charge in [0.15, 0.2) is 10.9 Å². The van der Waals surface area contributed by atoms with E-state index in [2.05, 4.69) is 34.8 Å². The molecule has 0 saturated carbocycles. The number of rotatable bonds is 11. The molecule has 15 heteroatoms. The summed E-state index contributed by atoms with van der Waals surface area (Å²) in [5.41, 5.74) is -1.15. The van der Waals surface area contributed by atoms with Crippen LogP contribution < -0.4 is 26.8 Å². The fourth-order valence-electron chi connectivity index (χ4n) is 6.82. The number of para-hydroxylation sites is 2. The number of benzene rings is 4. The van der Waals surface area contributed by atoms with Crippen LogP contribution in [0.25, 0.3) is 62.2 Å². The first-order valence-electron chi connectivity index (χ1n) is 19.2. The number of hydrogen-bond donors (Lipinski definition) is 3. The van der Waals surface area contributed by atoms with E-state index in [-0.39, 0.29) is 10.8 Å². The highest BCUT2D eigenvalue weighted by Crippen LogP contribution is 2.38. The van der Waals surface area contributed by atoms with E-state index in [1.807, 2.05) is 18.2 Å². The number of fused-ring (bicyclic) bond motifs is 8. The molecule has 0 aliphatic heterocycles. The Balaban J connectivity index is 0.000000180. The molecule has 59 heavy (non-hydrogen) atoms. The standard InChI is InChI=1S/C23H22F3N3OS.C21H17F3N2OS/c1-2-10-27-11-5-12-28-22-21-19(15-6-3-4-7-17(15)29-22)20(30)16-13-14(23(24,25)26)8-9-18(16)31-21;1-2-3-10-25-20-19-17(13-6-4-5-7-15(13)26-20)18(27)14-11-12(21(22,23)24)8-9-16(14)28-19/h3-4,6-9,13,27H,2,5,10-12H2,1H3,(H,28,29);4-9,11H,2-3,10H2,1H3,(H,25,26). The summed E-state index contributed by atoms with van der Waals surface area (Å²) >= 11 is 2.58. The lowest BCUT2D eigenvalue weighted by molar-refractivity contribution is -0.138. The van der Waals surface area contributed by atoms with Gasteiger partial charge in [-0.15, -0.1) is 22.7 Å². The molecule has 0 aliphatic rings. The highest BCUT2D eigenvalue weighted by Gasteiger charge is 2.32. The van der Waals surface area contributed by atoms with Gasteiger partial charge in [0.1, 0.15) is 11.6 Å². The molecule has 0 saturated heterocycles. The Labute approximate surface area is 342 Å². The monoisotopic (exact) mass is 847 g/mol. The number of alkyl halides is 6. The van der Waals surface area contributed by atoms with Crippen LogP contribution in [-0.4, -0.2) is 36.1 Å². The quantitative estimate of drug-likeness (QED) is 0.0516. The second kappa shape index (κ2) is 17.5. The Morgan fingerprint density at radius 2 is 1.00 bits per heavy atom. The molecule has 4 aromatic carbocycles. The van der Waals surface area contributed by atoms with Crippen LogP contribution in [0.1, 0.15) is 50.7 Å². The lowest BCUT2D eigenvalue weighted by atomic mass is 10.1. The first kappa shape index (κ1) is 41.8. The Bertz CT molecular complexity index is 2950. The van der Waals surface area contributed by atoms with E-state index in [9.17, 15) is 35.9 Å². The van der Waals surface area contributed by atoms with Crippen molar-refractivity contribution < 1.29 is 26.3 Å². The van der Waals surface area contributed by atoms with Gasteiger partial charge in [-0.1, -0.05) is 56.7 Å². The molecule has 0 atom stereocenters. The zero-order chi connectivity index (χ0) is 41.9. The number of halogens is 6. The summed E-state index contributed by atoms with van der Waals surface area (Å²) in [7, 11) is 0. The van der Waals surface area contributed by atoms with Crippen LogP contribution in [0, 0.1) is 0 Å². The molecule has 8 rings (SSSR count). The van der Waals surface area contributed by atoms with Crippen molar-refractivity contribution in [2.24, 2.45) is 0 Å². The van der Waals surface area contributed by atoms with Crippen LogP contribution in [0.15, 0.2) is 94.5 Å². The summed E-state index contributed by atoms with van der Waals surface area (Å²) < 4.78 is 81.4. The molecular formula is C44H39F6N5O2S2. The van der Waals surface area contributed by atoms with Crippen LogP contribution >= 0.6 is 22.7 Å². The molecular weight excluding hydrogens is 809 g/mol. The van der Waals surface area contributed by atoms with E-state index in [0.29, 0.717) is 76.1 Å². The van der Waals surface area contributed by atoms with E-state index in [4.69, 9.17) is 4.98 Å². The van der Waals surface area contributed by atoms with Crippen molar-refractivity contribution in [2.45, 2.75) is 51.9 Å². The van der Waals surface area contributed by atoms with Gasteiger partial charge in [0.25, 0.3) is 0 Å². The van der Waals surface area contributed by atoms with Crippen molar-refractivity contribution in [3.8, 4) is 0 Å². The van der Waals surface area contributed by atoms with E-state index in [0.717, 1.165) is 63.0 Å². The summed E-state index contributed by atoms with van der Waals surface area (Å²) in [4.78, 5) is 36.0. The Kier molecular flexibility index (Phi) is 12.4. The summed E-state index contributed by atoms with van der Waals surface area (Å²) in [6.45, 7) is 7.40. The smallest absolute Gasteiger partial charge is 0.369 e. The topological polar surface area (TPSA) is 96.0 Å². The van der Waals surface area contributed by atoms with Crippen molar-refractivity contribution in [1.29, 1.82) is 0 Å². The van der Waals surface area contributed by atoms with Crippen LogP contribution in [0.4, 0.5) is 38.0 Å². The van der Waals surface area contributed by atoms with Crippen molar-refractivity contribution in [1.82, 2.24) is 15.3 Å². The van der Waals surface area contributed by atoms with Gasteiger partial charge in [0, 0.05) is 44.0 Å². The van der Waals surface area contributed by atoms with Gasteiger partial charge in [0.05, 0.1) is 42.3 Å². The molecule has 0 aliphatic carbocycles. The predicted molar refractivity (Wildman–Crippen MR) is 231 cm³/mol. The fourth-order valence-corrected chi connectivity index (χ4v) is 9.09. The first-order valence-corrected chi connectivity index (χ1v) is 20.8. The molecule has 8 aromatic rings. The maximum atomic E-state index is 13.4. The molecule has 0 amide bonds. The summed E-state index contributed by atoms with van der Waals surface area (Å²) in [5.74, 6) is 1.19. The highest BCUT2D eigenvalue weighted by molar-refractivity contribution is 7.25. The molecule has 0 fully saturated rings. The van der Waals surface area contributed by atoms with Crippen molar-refractivity contribution in [3.05, 3.63) is 117 Å². The Hall–Kier alpha value is -5.38. The summed E-state index contributed by atoms with van der Waals surface area (Å²) in [6.07, 6.45) is -5.08. The fraction of sp³-hybridized carbons (Fsp3) is 0.273. The van der Waals surface area contributed by atoms with Gasteiger partial charge in [-0.3, -0.25) is 9.59 Å². The molecule has 4 heterocycles. The summed E-state index contributed by atoms with van der Waals surface area (Å²) in [5, 5.41) is 12.2. The Morgan fingerprint density at radius 1 is 0.542 bits per heavy atom. The SMILES string of the molecule is CCCCNc1nc2ccccc2c2c(=O)c3cc(C(F)(F)F)ccc3sc12.CCCNCCCNc1nc2ccccc2c2c(=O)c3cc(C(F)(F)F)ccc3sc12. The van der Waals surface area contributed by atoms with Crippen LogP contribution in [-0.2, 0) is 12.4 Å². The number of nitrogens with zero attached hydrogens (tertiary/aromatic N) is 2. The molecule has 0 bridgehead atoms. The third-order valence-corrected chi connectivity index (χ3v) is 12.1. The largest absolute Gasteiger partial charge is 0.416 e. The maximum absolute atomic E-state index is 13.4. The van der Waals surface area contributed by atoms with E-state index in [1.165, 1.54) is 34.8 Å². The normalized spacial score (nSPS) is 12.1. The number of hydrogen-bond acceptors (Lipinski definition) is 9. The van der Waals surface area contributed by atoms with Gasteiger partial charge in [-0.05, 0) is 80.9 Å². The van der Waals surface area contributed by atoms with Gasteiger partial charge >= 0.3 is 12.4 Å². The van der Waals surface area contributed by atoms with Gasteiger partial charge in [-0.2, -0.15) is 26.3 Å². The number of aromatic nitrogens is 2. The minimum Gasteiger partial charge on any atom is -0.369 e. The molecule has 306 valence electrons. The Morgan fingerprint density at radius 3 is 1.44 bits per heavy atom. The third-order valence-electron chi connectivity index (χ3n) is 9.75. The van der Waals surface area contributed by atoms with Gasteiger partial charge in [-0.25, -0.2) is 9.97 Å². The van der Waals surface area contributed by atoms with E-state index >= 15 is 0 Å². The van der Waals surface area contributed by atoms with Crippen molar-refractivity contribution >= 4 is 96.5 Å². The van der Waals surface area contributed by atoms with Gasteiger partial charge < -0.3 is 16.0 Å². The van der Waals surface area contributed by atoms with Crippen molar-refractivity contribution in [3.63, 3.8) is 0 Å². The van der Waals surface area contributed by atoms with E-state index < -0.39 is 34.3 Å². The number of unbranched alkanes of at least 4 members (excludes halogenated alkanes) is 1. The molecule has 0 spiro atoms. The molecule has 7 nitrogen and oxygen atoms in total. The van der Waals surface area contributed by atoms with Crippen LogP contribution in [0.3, 0.4) is 0 Å². The van der Waals surface area contributed by atoms with Crippen LogP contribution in [0.2, 0.25) is 0 Å².